The molecule has 0 unspecified atom stereocenters. The molecule has 2 aromatic carbocycles. The molecule has 0 amide bonds. The van der Waals surface area contributed by atoms with Crippen molar-refractivity contribution in [3.8, 4) is 11.5 Å². The van der Waals surface area contributed by atoms with E-state index in [2.05, 4.69) is 42.9 Å². The van der Waals surface area contributed by atoms with Crippen molar-refractivity contribution in [2.75, 3.05) is 51.7 Å². The summed E-state index contributed by atoms with van der Waals surface area (Å²) in [6.07, 6.45) is 0. The Kier molecular flexibility index (Phi) is 8.10. The van der Waals surface area contributed by atoms with Crippen LogP contribution in [0.3, 0.4) is 0 Å². The van der Waals surface area contributed by atoms with Crippen LogP contribution in [-0.4, -0.2) is 72.4 Å². The van der Waals surface area contributed by atoms with Crippen LogP contribution >= 0.6 is 11.6 Å². The van der Waals surface area contributed by atoms with E-state index in [0.29, 0.717) is 29.4 Å². The van der Waals surface area contributed by atoms with E-state index in [4.69, 9.17) is 16.3 Å². The van der Waals surface area contributed by atoms with Crippen LogP contribution in [0.4, 0.5) is 5.69 Å². The first-order valence-corrected chi connectivity index (χ1v) is 11.6. The van der Waals surface area contributed by atoms with Gasteiger partial charge in [0.2, 0.25) is 0 Å². The number of esters is 1. The summed E-state index contributed by atoms with van der Waals surface area (Å²) in [5.41, 5.74) is 2.29. The Bertz CT molecular complexity index is 982. The highest BCUT2D eigenvalue weighted by Crippen LogP contribution is 2.34. The Hall–Kier alpha value is -2.48. The Morgan fingerprint density at radius 1 is 1.12 bits per heavy atom. The van der Waals surface area contributed by atoms with Gasteiger partial charge in [0.15, 0.2) is 0 Å². The number of likely N-dealkylation sites (N-methyl/N-ethyl adjacent to an activating group) is 1. The van der Waals surface area contributed by atoms with E-state index in [0.717, 1.165) is 31.7 Å². The molecule has 0 saturated carbocycles. The van der Waals surface area contributed by atoms with Gasteiger partial charge >= 0.3 is 5.97 Å². The zero-order valence-corrected chi connectivity index (χ0v) is 20.6. The predicted octanol–water partition coefficient (Wildman–Crippen LogP) is 4.07. The van der Waals surface area contributed by atoms with Gasteiger partial charge in [-0.3, -0.25) is 4.90 Å². The summed E-state index contributed by atoms with van der Waals surface area (Å²) in [4.78, 5) is 16.9. The number of carbonyl (C=O) groups excluding carboxylic acids is 1. The second-order valence-corrected chi connectivity index (χ2v) is 9.99. The van der Waals surface area contributed by atoms with Crippen molar-refractivity contribution in [1.29, 1.82) is 0 Å². The summed E-state index contributed by atoms with van der Waals surface area (Å²) < 4.78 is 5.36. The molecule has 1 aliphatic rings. The number of halogens is 1. The third-order valence-electron chi connectivity index (χ3n) is 5.95. The van der Waals surface area contributed by atoms with Gasteiger partial charge in [-0.1, -0.05) is 32.4 Å². The average molecular weight is 476 g/mol. The molecule has 0 atom stereocenters. The second-order valence-electron chi connectivity index (χ2n) is 9.58. The topological polar surface area (TPSA) is 85.3 Å². The molecule has 33 heavy (non-hydrogen) atoms. The maximum atomic E-state index is 12.4. The maximum absolute atomic E-state index is 12.4. The summed E-state index contributed by atoms with van der Waals surface area (Å²) in [7, 11) is 2.10. The quantitative estimate of drug-likeness (QED) is 0.520. The molecule has 1 aliphatic heterocycles. The lowest BCUT2D eigenvalue weighted by Gasteiger charge is -2.32. The molecule has 7 nitrogen and oxygen atoms in total. The number of nitrogens with zero attached hydrogens (tertiary/aromatic N) is 2. The zero-order chi connectivity index (χ0) is 24.2. The van der Waals surface area contributed by atoms with Gasteiger partial charge in [-0.15, -0.1) is 0 Å². The predicted molar refractivity (Wildman–Crippen MR) is 131 cm³/mol. The Balaban J connectivity index is 1.57. The normalized spacial score (nSPS) is 15.4. The lowest BCUT2D eigenvalue weighted by Crippen LogP contribution is -2.45. The van der Waals surface area contributed by atoms with Gasteiger partial charge in [0.05, 0.1) is 5.02 Å². The number of phenolic OH excluding ortho intramolecular Hbond substituents is 2. The van der Waals surface area contributed by atoms with Crippen LogP contribution in [-0.2, 0) is 16.7 Å². The highest BCUT2D eigenvalue weighted by atomic mass is 35.5. The standard InChI is InChI=1S/C25H34ClN3O4/c1-25(2,3)18-13-17(23(31)21(26)14-18)16-27-19-5-6-20(22(30)15-19)24(32)33-12-11-29-9-7-28(4)8-10-29/h5-6,13-15,27,30-31H,7-12,16H2,1-4H3. The Labute approximate surface area is 200 Å². The number of anilines is 1. The van der Waals surface area contributed by atoms with Gasteiger partial charge in [-0.05, 0) is 42.3 Å². The van der Waals surface area contributed by atoms with Crippen molar-refractivity contribution in [1.82, 2.24) is 9.80 Å². The third-order valence-corrected chi connectivity index (χ3v) is 6.23. The number of benzene rings is 2. The summed E-state index contributed by atoms with van der Waals surface area (Å²) in [6.45, 7) is 11.4. The van der Waals surface area contributed by atoms with Crippen LogP contribution in [0.5, 0.6) is 11.5 Å². The maximum Gasteiger partial charge on any atom is 0.341 e. The molecule has 8 heteroatoms. The zero-order valence-electron chi connectivity index (χ0n) is 19.8. The van der Waals surface area contributed by atoms with Crippen molar-refractivity contribution >= 4 is 23.3 Å². The average Bonchev–Trinajstić information content (AvgIpc) is 2.75. The number of ether oxygens (including phenoxy) is 1. The SMILES string of the molecule is CN1CCN(CCOC(=O)c2ccc(NCc3cc(C(C)(C)C)cc(Cl)c3O)cc2O)CC1. The number of phenols is 2. The number of aromatic hydroxyl groups is 2. The van der Waals surface area contributed by atoms with Crippen LogP contribution in [0.1, 0.15) is 42.3 Å². The lowest BCUT2D eigenvalue weighted by molar-refractivity contribution is 0.0429. The van der Waals surface area contributed by atoms with Crippen molar-refractivity contribution in [3.05, 3.63) is 52.0 Å². The molecule has 180 valence electrons. The van der Waals surface area contributed by atoms with Crippen LogP contribution < -0.4 is 5.32 Å². The molecule has 1 saturated heterocycles. The Morgan fingerprint density at radius 3 is 2.45 bits per heavy atom. The van der Waals surface area contributed by atoms with E-state index in [1.54, 1.807) is 12.1 Å². The molecule has 0 radical (unpaired) electrons. The largest absolute Gasteiger partial charge is 0.507 e. The fraction of sp³-hybridized carbons (Fsp3) is 0.480. The van der Waals surface area contributed by atoms with Crippen LogP contribution in [0.15, 0.2) is 30.3 Å². The Morgan fingerprint density at radius 2 is 1.82 bits per heavy atom. The number of carbonyl (C=O) groups is 1. The monoisotopic (exact) mass is 475 g/mol. The van der Waals surface area contributed by atoms with Gasteiger partial charge in [0.25, 0.3) is 0 Å². The molecule has 2 aromatic rings. The van der Waals surface area contributed by atoms with Gasteiger partial charge in [0, 0.05) is 56.6 Å². The minimum Gasteiger partial charge on any atom is -0.507 e. The highest BCUT2D eigenvalue weighted by molar-refractivity contribution is 6.32. The van der Waals surface area contributed by atoms with E-state index in [1.807, 2.05) is 6.07 Å². The summed E-state index contributed by atoms with van der Waals surface area (Å²) in [5.74, 6) is -0.673. The highest BCUT2D eigenvalue weighted by Gasteiger charge is 2.19. The molecule has 3 rings (SSSR count). The smallest absolute Gasteiger partial charge is 0.341 e. The summed E-state index contributed by atoms with van der Waals surface area (Å²) >= 11 is 6.21. The first-order chi connectivity index (χ1) is 15.5. The van der Waals surface area contributed by atoms with Crippen molar-refractivity contribution in [3.63, 3.8) is 0 Å². The molecular formula is C25H34ClN3O4. The van der Waals surface area contributed by atoms with Crippen LogP contribution in [0.2, 0.25) is 5.02 Å². The van der Waals surface area contributed by atoms with E-state index in [1.165, 1.54) is 12.1 Å². The van der Waals surface area contributed by atoms with Gasteiger partial charge < -0.3 is 25.2 Å². The fourth-order valence-electron chi connectivity index (χ4n) is 3.65. The molecule has 0 bridgehead atoms. The van der Waals surface area contributed by atoms with Gasteiger partial charge in [-0.2, -0.15) is 0 Å². The number of hydrogen-bond acceptors (Lipinski definition) is 7. The van der Waals surface area contributed by atoms with Crippen molar-refractivity contribution in [2.45, 2.75) is 32.7 Å². The summed E-state index contributed by atoms with van der Waals surface area (Å²) in [5, 5.41) is 24.2. The van der Waals surface area contributed by atoms with Crippen molar-refractivity contribution in [2.24, 2.45) is 0 Å². The fourth-order valence-corrected chi connectivity index (χ4v) is 3.89. The minimum atomic E-state index is -0.546. The third kappa shape index (κ3) is 6.76. The molecule has 0 aromatic heterocycles. The summed E-state index contributed by atoms with van der Waals surface area (Å²) in [6, 6.07) is 8.40. The van der Waals surface area contributed by atoms with Gasteiger partial charge in [0.1, 0.15) is 23.7 Å². The molecule has 0 aliphatic carbocycles. The second kappa shape index (κ2) is 10.6. The van der Waals surface area contributed by atoms with Crippen LogP contribution in [0.25, 0.3) is 0 Å². The lowest BCUT2D eigenvalue weighted by atomic mass is 9.86. The van der Waals surface area contributed by atoms with E-state index < -0.39 is 5.97 Å². The minimum absolute atomic E-state index is 0.0296. The number of rotatable bonds is 7. The molecule has 1 fully saturated rings. The van der Waals surface area contributed by atoms with Crippen LogP contribution in [0, 0.1) is 0 Å². The molecule has 0 spiro atoms. The van der Waals surface area contributed by atoms with E-state index in [-0.39, 0.29) is 29.1 Å². The van der Waals surface area contributed by atoms with Gasteiger partial charge in [-0.25, -0.2) is 4.79 Å². The first kappa shape index (κ1) is 25.1. The number of nitrogens with one attached hydrogen (secondary N) is 1. The number of piperazine rings is 1. The molecule has 1 heterocycles. The van der Waals surface area contributed by atoms with E-state index in [9.17, 15) is 15.0 Å². The molecule has 3 N–H and O–H groups in total. The first-order valence-electron chi connectivity index (χ1n) is 11.2. The van der Waals surface area contributed by atoms with Crippen molar-refractivity contribution < 1.29 is 19.7 Å². The number of hydrogen-bond donors (Lipinski definition) is 3. The van der Waals surface area contributed by atoms with E-state index >= 15 is 0 Å². The molecular weight excluding hydrogens is 442 g/mol.